The quantitative estimate of drug-likeness (QED) is 0.471. The number of thiophene rings is 1. The average Bonchev–Trinajstić information content (AvgIpc) is 3.30. The standard InChI is InChI=1S/C26H24N4O3S/c31-25-21-12-27-24(14-3-6-33-7-4-14)29(21)20-10-16-17(9-18(20)28-25)26(32)30-19(16)11-22-15(5-8-34-22)23(30)13-1-2-13/h5,8-10,12-14,19,23H,1-4,6-7,11H2,(H,28,31). The molecule has 7 nitrogen and oxygen atoms in total. The van der Waals surface area contributed by atoms with Gasteiger partial charge in [0.2, 0.25) is 0 Å². The van der Waals surface area contributed by atoms with Gasteiger partial charge in [-0.25, -0.2) is 4.98 Å². The number of imidazole rings is 1. The summed E-state index contributed by atoms with van der Waals surface area (Å²) in [6.45, 7) is 1.43. The third-order valence-electron chi connectivity index (χ3n) is 8.27. The molecule has 3 aromatic heterocycles. The van der Waals surface area contributed by atoms with Crippen LogP contribution in [0.4, 0.5) is 0 Å². The molecule has 1 N–H and O–H groups in total. The Morgan fingerprint density at radius 1 is 1.06 bits per heavy atom. The minimum Gasteiger partial charge on any atom is -0.381 e. The molecule has 8 rings (SSSR count). The van der Waals surface area contributed by atoms with E-state index in [0.717, 1.165) is 41.7 Å². The van der Waals surface area contributed by atoms with E-state index in [9.17, 15) is 9.59 Å². The maximum Gasteiger partial charge on any atom is 0.274 e. The zero-order valence-electron chi connectivity index (χ0n) is 18.6. The number of rotatable bonds is 2. The van der Waals surface area contributed by atoms with Crippen LogP contribution < -0.4 is 5.56 Å². The number of aromatic nitrogens is 3. The molecule has 0 radical (unpaired) electrons. The van der Waals surface area contributed by atoms with Crippen molar-refractivity contribution in [3.8, 4) is 0 Å². The first-order valence-electron chi connectivity index (χ1n) is 12.2. The Kier molecular flexibility index (Phi) is 3.87. The minimum absolute atomic E-state index is 0.0562. The molecule has 2 fully saturated rings. The van der Waals surface area contributed by atoms with E-state index in [1.807, 2.05) is 21.8 Å². The lowest BCUT2D eigenvalue weighted by atomic mass is 9.90. The molecule has 34 heavy (non-hydrogen) atoms. The fraction of sp³-hybridized carbons (Fsp3) is 0.423. The number of ether oxygens (including phenoxy) is 1. The Labute approximate surface area is 199 Å². The summed E-state index contributed by atoms with van der Waals surface area (Å²) in [7, 11) is 0. The molecular weight excluding hydrogens is 448 g/mol. The molecule has 0 bridgehead atoms. The van der Waals surface area contributed by atoms with Crippen LogP contribution in [0.2, 0.25) is 0 Å². The van der Waals surface area contributed by atoms with E-state index in [2.05, 4.69) is 27.4 Å². The largest absolute Gasteiger partial charge is 0.381 e. The van der Waals surface area contributed by atoms with Crippen molar-refractivity contribution in [2.24, 2.45) is 5.92 Å². The number of carbonyl (C=O) groups excluding carboxylic acids is 1. The van der Waals surface area contributed by atoms with Crippen LogP contribution in [0.25, 0.3) is 16.6 Å². The number of benzene rings is 1. The number of aromatic amines is 1. The van der Waals surface area contributed by atoms with Crippen molar-refractivity contribution in [1.82, 2.24) is 19.3 Å². The number of nitrogens with one attached hydrogen (secondary N) is 1. The molecule has 6 heterocycles. The van der Waals surface area contributed by atoms with Crippen molar-refractivity contribution < 1.29 is 9.53 Å². The number of nitrogens with zero attached hydrogens (tertiary/aromatic N) is 3. The summed E-state index contributed by atoms with van der Waals surface area (Å²) in [5, 5.41) is 2.17. The molecule has 4 aliphatic rings. The van der Waals surface area contributed by atoms with Crippen molar-refractivity contribution >= 4 is 33.8 Å². The predicted octanol–water partition coefficient (Wildman–Crippen LogP) is 4.34. The molecule has 3 aliphatic heterocycles. The Morgan fingerprint density at radius 2 is 1.91 bits per heavy atom. The van der Waals surface area contributed by atoms with Crippen LogP contribution in [0.15, 0.2) is 34.6 Å². The van der Waals surface area contributed by atoms with Gasteiger partial charge in [-0.2, -0.15) is 0 Å². The molecule has 1 saturated carbocycles. The molecule has 172 valence electrons. The zero-order valence-corrected chi connectivity index (χ0v) is 19.4. The van der Waals surface area contributed by atoms with Crippen molar-refractivity contribution in [1.29, 1.82) is 0 Å². The molecule has 1 amide bonds. The van der Waals surface area contributed by atoms with Gasteiger partial charge in [0.05, 0.1) is 29.3 Å². The van der Waals surface area contributed by atoms with Gasteiger partial charge in [-0.3, -0.25) is 14.0 Å². The minimum atomic E-state index is -0.167. The van der Waals surface area contributed by atoms with Gasteiger partial charge in [0.1, 0.15) is 11.3 Å². The van der Waals surface area contributed by atoms with Gasteiger partial charge in [0.15, 0.2) is 0 Å². The Bertz CT molecular complexity index is 1560. The van der Waals surface area contributed by atoms with Crippen molar-refractivity contribution in [2.45, 2.75) is 50.1 Å². The van der Waals surface area contributed by atoms with Crippen molar-refractivity contribution in [3.63, 3.8) is 0 Å². The van der Waals surface area contributed by atoms with Crippen LogP contribution in [0.5, 0.6) is 0 Å². The van der Waals surface area contributed by atoms with E-state index in [4.69, 9.17) is 9.72 Å². The molecule has 1 aliphatic carbocycles. The van der Waals surface area contributed by atoms with E-state index in [1.54, 1.807) is 6.20 Å². The second-order valence-electron chi connectivity index (χ2n) is 10.1. The molecule has 0 spiro atoms. The number of hydrogen-bond acceptors (Lipinski definition) is 5. The molecule has 4 aromatic rings. The second-order valence-corrected chi connectivity index (χ2v) is 11.1. The molecule has 2 unspecified atom stereocenters. The van der Waals surface area contributed by atoms with Gasteiger partial charge in [-0.05, 0) is 66.3 Å². The van der Waals surface area contributed by atoms with Gasteiger partial charge >= 0.3 is 0 Å². The third kappa shape index (κ3) is 2.53. The summed E-state index contributed by atoms with van der Waals surface area (Å²) in [5.41, 5.74) is 5.20. The van der Waals surface area contributed by atoms with Crippen LogP contribution in [-0.2, 0) is 11.2 Å². The summed E-state index contributed by atoms with van der Waals surface area (Å²) in [5.74, 6) is 1.85. The summed E-state index contributed by atoms with van der Waals surface area (Å²) >= 11 is 1.82. The van der Waals surface area contributed by atoms with E-state index in [1.165, 1.54) is 23.3 Å². The highest BCUT2D eigenvalue weighted by atomic mass is 32.1. The molecule has 2 atom stereocenters. The monoisotopic (exact) mass is 472 g/mol. The van der Waals surface area contributed by atoms with E-state index in [-0.39, 0.29) is 29.5 Å². The highest BCUT2D eigenvalue weighted by Crippen LogP contribution is 2.55. The number of fused-ring (bicyclic) bond motifs is 7. The van der Waals surface area contributed by atoms with Gasteiger partial charge < -0.3 is 14.6 Å². The normalized spacial score (nSPS) is 24.6. The van der Waals surface area contributed by atoms with Crippen molar-refractivity contribution in [3.05, 3.63) is 67.5 Å². The van der Waals surface area contributed by atoms with Crippen molar-refractivity contribution in [2.75, 3.05) is 13.2 Å². The van der Waals surface area contributed by atoms with Gasteiger partial charge in [0.25, 0.3) is 11.5 Å². The highest BCUT2D eigenvalue weighted by molar-refractivity contribution is 7.10. The lowest BCUT2D eigenvalue weighted by molar-refractivity contribution is 0.0565. The first-order valence-corrected chi connectivity index (χ1v) is 13.1. The number of hydrogen-bond donors (Lipinski definition) is 1. The second kappa shape index (κ2) is 6.79. The Balaban J connectivity index is 1.35. The lowest BCUT2D eigenvalue weighted by Gasteiger charge is -2.38. The van der Waals surface area contributed by atoms with Crippen LogP contribution in [0, 0.1) is 5.92 Å². The highest BCUT2D eigenvalue weighted by Gasteiger charge is 2.50. The number of amides is 1. The van der Waals surface area contributed by atoms with E-state index in [0.29, 0.717) is 30.2 Å². The summed E-state index contributed by atoms with van der Waals surface area (Å²) in [6, 6.07) is 6.52. The number of H-pyrrole nitrogens is 1. The molecule has 1 aromatic carbocycles. The predicted molar refractivity (Wildman–Crippen MR) is 129 cm³/mol. The van der Waals surface area contributed by atoms with Gasteiger partial charge in [-0.15, -0.1) is 11.3 Å². The number of carbonyl (C=O) groups is 1. The summed E-state index contributed by atoms with van der Waals surface area (Å²) in [4.78, 5) is 38.0. The topological polar surface area (TPSA) is 79.7 Å². The first-order chi connectivity index (χ1) is 16.7. The van der Waals surface area contributed by atoms with Crippen LogP contribution >= 0.6 is 11.3 Å². The lowest BCUT2D eigenvalue weighted by Crippen LogP contribution is -2.37. The van der Waals surface area contributed by atoms with Gasteiger partial charge in [-0.1, -0.05) is 0 Å². The Hall–Kier alpha value is -2.97. The van der Waals surface area contributed by atoms with Crippen LogP contribution in [0.1, 0.15) is 75.9 Å². The molecular formula is C26H24N4O3S. The smallest absolute Gasteiger partial charge is 0.274 e. The molecule has 1 saturated heterocycles. The zero-order chi connectivity index (χ0) is 22.6. The fourth-order valence-electron chi connectivity index (χ4n) is 6.52. The fourth-order valence-corrected chi connectivity index (χ4v) is 7.48. The SMILES string of the molecule is O=C1c2cc3[nH]c(=O)c4cnc(C5CCOCC5)n4c3cc2C2Cc3sccc3C(C3CC3)N12. The molecule has 8 heteroatoms. The summed E-state index contributed by atoms with van der Waals surface area (Å²) < 4.78 is 7.60. The van der Waals surface area contributed by atoms with E-state index < -0.39 is 0 Å². The maximum absolute atomic E-state index is 13.8. The average molecular weight is 473 g/mol. The van der Waals surface area contributed by atoms with E-state index >= 15 is 0 Å². The third-order valence-corrected chi connectivity index (χ3v) is 9.23. The maximum atomic E-state index is 13.8. The van der Waals surface area contributed by atoms with Crippen LogP contribution in [0.3, 0.4) is 0 Å². The van der Waals surface area contributed by atoms with Gasteiger partial charge in [0, 0.05) is 36.0 Å². The Morgan fingerprint density at radius 3 is 2.74 bits per heavy atom. The summed E-state index contributed by atoms with van der Waals surface area (Å²) in [6.07, 6.45) is 6.73. The van der Waals surface area contributed by atoms with Crippen LogP contribution in [-0.4, -0.2) is 38.4 Å². The first kappa shape index (κ1) is 19.3.